The van der Waals surface area contributed by atoms with E-state index in [4.69, 9.17) is 17.0 Å². The van der Waals surface area contributed by atoms with Crippen LogP contribution in [0.5, 0.6) is 5.75 Å². The molecular formula is C17H16N4OS. The summed E-state index contributed by atoms with van der Waals surface area (Å²) in [6.07, 6.45) is 1.75. The van der Waals surface area contributed by atoms with Crippen molar-refractivity contribution in [2.45, 2.75) is 13.5 Å². The molecule has 0 saturated carbocycles. The summed E-state index contributed by atoms with van der Waals surface area (Å²) in [5.41, 5.74) is 2.20. The van der Waals surface area contributed by atoms with Crippen LogP contribution in [0.25, 0.3) is 0 Å². The predicted octanol–water partition coefficient (Wildman–Crippen LogP) is 3.71. The molecule has 5 nitrogen and oxygen atoms in total. The third-order valence-electron chi connectivity index (χ3n) is 3.23. The number of rotatable bonds is 5. The van der Waals surface area contributed by atoms with Gasteiger partial charge in [-0.1, -0.05) is 48.0 Å². The van der Waals surface area contributed by atoms with Gasteiger partial charge in [0.2, 0.25) is 4.77 Å². The molecular weight excluding hydrogens is 308 g/mol. The van der Waals surface area contributed by atoms with E-state index in [0.29, 0.717) is 10.6 Å². The molecule has 2 aromatic carbocycles. The van der Waals surface area contributed by atoms with Crippen molar-refractivity contribution in [3.05, 3.63) is 76.3 Å². The van der Waals surface area contributed by atoms with E-state index in [0.717, 1.165) is 11.3 Å². The van der Waals surface area contributed by atoms with Gasteiger partial charge in [0.15, 0.2) is 5.82 Å². The zero-order chi connectivity index (χ0) is 16.1. The highest BCUT2D eigenvalue weighted by Gasteiger charge is 2.05. The Morgan fingerprint density at radius 3 is 2.65 bits per heavy atom. The Morgan fingerprint density at radius 2 is 1.91 bits per heavy atom. The summed E-state index contributed by atoms with van der Waals surface area (Å²) in [7, 11) is 0. The highest BCUT2D eigenvalue weighted by molar-refractivity contribution is 7.71. The summed E-state index contributed by atoms with van der Waals surface area (Å²) in [6.45, 7) is 2.33. The van der Waals surface area contributed by atoms with Crippen molar-refractivity contribution < 1.29 is 4.74 Å². The molecule has 0 aliphatic heterocycles. The molecule has 3 aromatic rings. The molecule has 0 radical (unpaired) electrons. The van der Waals surface area contributed by atoms with E-state index in [1.165, 1.54) is 5.56 Å². The predicted molar refractivity (Wildman–Crippen MR) is 92.4 cm³/mol. The van der Waals surface area contributed by atoms with Crippen molar-refractivity contribution in [2.24, 2.45) is 5.10 Å². The lowest BCUT2D eigenvalue weighted by molar-refractivity contribution is 0.290. The molecule has 0 aliphatic rings. The van der Waals surface area contributed by atoms with Crippen molar-refractivity contribution >= 4 is 18.4 Å². The van der Waals surface area contributed by atoms with Gasteiger partial charge in [0, 0.05) is 0 Å². The SMILES string of the molecule is Cc1ccc(/C=N/n2c(COc3ccccc3)n[nH]c2=S)cc1. The van der Waals surface area contributed by atoms with E-state index in [1.54, 1.807) is 10.9 Å². The smallest absolute Gasteiger partial charge is 0.216 e. The van der Waals surface area contributed by atoms with Gasteiger partial charge in [-0.15, -0.1) is 0 Å². The van der Waals surface area contributed by atoms with Crippen LogP contribution in [0.15, 0.2) is 59.7 Å². The van der Waals surface area contributed by atoms with Gasteiger partial charge < -0.3 is 4.74 Å². The van der Waals surface area contributed by atoms with Crippen molar-refractivity contribution in [1.29, 1.82) is 0 Å². The third kappa shape index (κ3) is 3.92. The number of ether oxygens (including phenoxy) is 1. The van der Waals surface area contributed by atoms with Gasteiger partial charge >= 0.3 is 0 Å². The largest absolute Gasteiger partial charge is 0.486 e. The molecule has 1 aromatic heterocycles. The molecule has 0 bridgehead atoms. The molecule has 1 heterocycles. The number of aryl methyl sites for hydroxylation is 1. The number of hydrogen-bond donors (Lipinski definition) is 1. The van der Waals surface area contributed by atoms with Gasteiger partial charge in [0.25, 0.3) is 0 Å². The average molecular weight is 324 g/mol. The standard InChI is InChI=1S/C17H16N4OS/c1-13-7-9-14(10-8-13)11-18-21-16(19-20-17(21)23)12-22-15-5-3-2-4-6-15/h2-11H,12H2,1H3,(H,20,23)/b18-11+. The number of benzene rings is 2. The van der Waals surface area contributed by atoms with E-state index >= 15 is 0 Å². The lowest BCUT2D eigenvalue weighted by Gasteiger charge is -2.04. The third-order valence-corrected chi connectivity index (χ3v) is 3.49. The van der Waals surface area contributed by atoms with Crippen LogP contribution < -0.4 is 4.74 Å². The molecule has 3 rings (SSSR count). The first-order valence-electron chi connectivity index (χ1n) is 7.17. The zero-order valence-corrected chi connectivity index (χ0v) is 13.5. The normalized spacial score (nSPS) is 11.0. The molecule has 0 fully saturated rings. The summed E-state index contributed by atoms with van der Waals surface area (Å²) in [6, 6.07) is 17.6. The van der Waals surface area contributed by atoms with E-state index in [9.17, 15) is 0 Å². The lowest BCUT2D eigenvalue weighted by Crippen LogP contribution is -2.04. The lowest BCUT2D eigenvalue weighted by atomic mass is 10.2. The molecule has 0 spiro atoms. The minimum atomic E-state index is 0.280. The summed E-state index contributed by atoms with van der Waals surface area (Å²) in [5.74, 6) is 1.39. The maximum atomic E-state index is 5.69. The number of nitrogens with zero attached hydrogens (tertiary/aromatic N) is 3. The fourth-order valence-electron chi connectivity index (χ4n) is 1.98. The van der Waals surface area contributed by atoms with Crippen molar-refractivity contribution in [3.63, 3.8) is 0 Å². The molecule has 0 atom stereocenters. The van der Waals surface area contributed by atoms with Gasteiger partial charge in [0.05, 0.1) is 6.21 Å². The van der Waals surface area contributed by atoms with Gasteiger partial charge in [-0.05, 0) is 36.8 Å². The van der Waals surface area contributed by atoms with Gasteiger partial charge in [-0.25, -0.2) is 5.10 Å². The first kappa shape index (κ1) is 15.2. The van der Waals surface area contributed by atoms with E-state index in [2.05, 4.69) is 15.3 Å². The van der Waals surface area contributed by atoms with Crippen LogP contribution in [0, 0.1) is 11.7 Å². The fourth-order valence-corrected chi connectivity index (χ4v) is 2.18. The Balaban J connectivity index is 1.76. The Hall–Kier alpha value is -2.73. The number of nitrogens with one attached hydrogen (secondary N) is 1. The number of H-pyrrole nitrogens is 1. The summed E-state index contributed by atoms with van der Waals surface area (Å²) in [5, 5.41) is 11.3. The second-order valence-electron chi connectivity index (χ2n) is 5.01. The molecule has 0 saturated heterocycles. The highest BCUT2D eigenvalue weighted by atomic mass is 32.1. The van der Waals surface area contributed by atoms with E-state index in [-0.39, 0.29) is 6.61 Å². The van der Waals surface area contributed by atoms with Crippen LogP contribution in [0.4, 0.5) is 0 Å². The maximum absolute atomic E-state index is 5.69. The minimum absolute atomic E-state index is 0.280. The summed E-state index contributed by atoms with van der Waals surface area (Å²) in [4.78, 5) is 0. The molecule has 0 amide bonds. The van der Waals surface area contributed by atoms with E-state index in [1.807, 2.05) is 61.5 Å². The van der Waals surface area contributed by atoms with Crippen molar-refractivity contribution in [2.75, 3.05) is 0 Å². The Labute approximate surface area is 139 Å². The molecule has 1 N–H and O–H groups in total. The minimum Gasteiger partial charge on any atom is -0.486 e. The second kappa shape index (κ2) is 7.02. The van der Waals surface area contributed by atoms with Gasteiger partial charge in [0.1, 0.15) is 12.4 Å². The molecule has 0 unspecified atom stereocenters. The van der Waals surface area contributed by atoms with Gasteiger partial charge in [-0.3, -0.25) is 0 Å². The van der Waals surface area contributed by atoms with Crippen molar-refractivity contribution in [1.82, 2.24) is 14.9 Å². The van der Waals surface area contributed by atoms with Gasteiger partial charge in [-0.2, -0.15) is 14.9 Å². The van der Waals surface area contributed by atoms with Crippen LogP contribution in [0.2, 0.25) is 0 Å². The monoisotopic (exact) mass is 324 g/mol. The first-order valence-corrected chi connectivity index (χ1v) is 7.58. The molecule has 0 aliphatic carbocycles. The number of para-hydroxylation sites is 1. The topological polar surface area (TPSA) is 55.2 Å². The van der Waals surface area contributed by atoms with Crippen LogP contribution in [0.1, 0.15) is 17.0 Å². The Morgan fingerprint density at radius 1 is 1.17 bits per heavy atom. The maximum Gasteiger partial charge on any atom is 0.216 e. The summed E-state index contributed by atoms with van der Waals surface area (Å²) < 4.78 is 7.69. The Bertz CT molecular complexity index is 850. The molecule has 116 valence electrons. The summed E-state index contributed by atoms with van der Waals surface area (Å²) >= 11 is 5.22. The quantitative estimate of drug-likeness (QED) is 0.575. The van der Waals surface area contributed by atoms with Crippen LogP contribution in [0.3, 0.4) is 0 Å². The number of aromatic amines is 1. The van der Waals surface area contributed by atoms with E-state index < -0.39 is 0 Å². The molecule has 6 heteroatoms. The fraction of sp³-hybridized carbons (Fsp3) is 0.118. The van der Waals surface area contributed by atoms with Crippen LogP contribution in [-0.4, -0.2) is 21.1 Å². The Kier molecular flexibility index (Phi) is 4.63. The number of hydrogen-bond acceptors (Lipinski definition) is 4. The number of aromatic nitrogens is 3. The zero-order valence-electron chi connectivity index (χ0n) is 12.6. The average Bonchev–Trinajstić information content (AvgIpc) is 2.93. The second-order valence-corrected chi connectivity index (χ2v) is 5.40. The van der Waals surface area contributed by atoms with Crippen LogP contribution in [-0.2, 0) is 6.61 Å². The highest BCUT2D eigenvalue weighted by Crippen LogP contribution is 2.11. The van der Waals surface area contributed by atoms with Crippen LogP contribution >= 0.6 is 12.2 Å². The molecule has 23 heavy (non-hydrogen) atoms. The first-order chi connectivity index (χ1) is 11.2. The van der Waals surface area contributed by atoms with Crippen molar-refractivity contribution in [3.8, 4) is 5.75 Å².